The molecule has 68 heavy (non-hydrogen) atoms. The smallest absolute Gasteiger partial charge is 0.255 e. The predicted molar refractivity (Wildman–Crippen MR) is 258 cm³/mol. The first-order valence-electron chi connectivity index (χ1n) is 22.9. The summed E-state index contributed by atoms with van der Waals surface area (Å²) < 4.78 is 7.35. The molecule has 8 rings (SSSR count). The van der Waals surface area contributed by atoms with Gasteiger partial charge in [-0.05, 0) is 78.7 Å². The Labute approximate surface area is 398 Å². The fourth-order valence-corrected chi connectivity index (χ4v) is 9.78. The van der Waals surface area contributed by atoms with Crippen molar-refractivity contribution >= 4 is 68.5 Å². The zero-order valence-electron chi connectivity index (χ0n) is 39.1. The molecule has 2 saturated heterocycles. The fraction of sp³-hybridized carbons (Fsp3) is 0.429. The van der Waals surface area contributed by atoms with E-state index < -0.39 is 34.8 Å². The zero-order valence-corrected chi connectivity index (χ0v) is 39.9. The predicted octanol–water partition coefficient (Wildman–Crippen LogP) is 4.29. The van der Waals surface area contributed by atoms with Gasteiger partial charge in [0.1, 0.15) is 18.5 Å². The largest absolute Gasteiger partial charge is 0.378 e. The number of β-amino-alcohol motifs (C(OH)–C–C–N with tert-alkyl or cyclic N) is 1. The van der Waals surface area contributed by atoms with E-state index in [4.69, 9.17) is 9.72 Å². The number of aromatic amines is 1. The highest BCUT2D eigenvalue weighted by Crippen LogP contribution is 2.31. The Hall–Kier alpha value is -6.54. The molecule has 0 radical (unpaired) electrons. The van der Waals surface area contributed by atoms with E-state index in [0.29, 0.717) is 24.2 Å². The van der Waals surface area contributed by atoms with E-state index in [1.54, 1.807) is 22.5 Å². The Balaban J connectivity index is 0.727. The number of ether oxygens (including phenoxy) is 1. The van der Waals surface area contributed by atoms with Crippen LogP contribution in [-0.4, -0.2) is 127 Å². The topological polar surface area (TPSA) is 229 Å². The number of fused-ring (bicyclic) bond motifs is 2. The van der Waals surface area contributed by atoms with E-state index >= 15 is 0 Å². The van der Waals surface area contributed by atoms with Gasteiger partial charge in [-0.25, -0.2) is 9.97 Å². The summed E-state index contributed by atoms with van der Waals surface area (Å²) in [6.45, 7) is 9.73. The number of rotatable bonds is 17. The molecule has 6 aromatic rings. The Kier molecular flexibility index (Phi) is 14.4. The fourth-order valence-electron chi connectivity index (χ4n) is 8.92. The summed E-state index contributed by atoms with van der Waals surface area (Å²) in [7, 11) is 1.86. The third kappa shape index (κ3) is 11.2. The molecule has 5 heterocycles. The molecule has 2 aliphatic rings. The van der Waals surface area contributed by atoms with Crippen molar-refractivity contribution in [2.75, 3.05) is 51.3 Å². The number of nitrogens with zero attached hydrogens (tertiary/aromatic N) is 6. The lowest BCUT2D eigenvalue weighted by Crippen LogP contribution is -2.56. The zero-order chi connectivity index (χ0) is 48.2. The van der Waals surface area contributed by atoms with Crippen LogP contribution in [0.15, 0.2) is 72.4 Å². The van der Waals surface area contributed by atoms with Gasteiger partial charge in [0.25, 0.3) is 11.8 Å². The molecular weight excluding hydrogens is 887 g/mol. The number of hydrogen-bond donors (Lipinski definition) is 6. The van der Waals surface area contributed by atoms with Crippen LogP contribution in [0.2, 0.25) is 0 Å². The van der Waals surface area contributed by atoms with Gasteiger partial charge < -0.3 is 41.0 Å². The number of H-pyrrole nitrogens is 1. The van der Waals surface area contributed by atoms with Gasteiger partial charge in [0.15, 0.2) is 5.60 Å². The second kappa shape index (κ2) is 20.4. The summed E-state index contributed by atoms with van der Waals surface area (Å²) >= 11 is 1.52. The minimum absolute atomic E-state index is 0.0552. The number of benzene rings is 3. The summed E-state index contributed by atoms with van der Waals surface area (Å²) in [6, 6.07) is 17.8. The summed E-state index contributed by atoms with van der Waals surface area (Å²) in [5, 5.41) is 28.1. The van der Waals surface area contributed by atoms with Crippen LogP contribution >= 0.6 is 11.3 Å². The molecule has 18 nitrogen and oxygen atoms in total. The van der Waals surface area contributed by atoms with Gasteiger partial charge >= 0.3 is 0 Å². The minimum Gasteiger partial charge on any atom is -0.378 e. The maximum Gasteiger partial charge on any atom is 0.255 e. The standard InChI is InChI=1S/C49H59N11O7S/c1-30-43(68-29-52-30)36-9-7-6-8-33(36)23-51-47(65)49(66)15-18-60(28-49)46(64)44(48(2,3)4)57-42(62)27-67-19-16-50-41(61)20-31-14-17-59(25-31)26-40-55-37-12-11-35(22-38(37)56-40)54-45(63)32-10-13-39-34(21-32)24-53-58(39)5/h6-13,21-22,24,29,31,44,66H,14-20,23,25-28H2,1-5H3,(H,50,61)(H,51,65)(H,54,63)(H,55,56)(H,57,62)/t31-,44+,49+/m0/s1. The third-order valence-corrected chi connectivity index (χ3v) is 13.6. The minimum atomic E-state index is -1.79. The maximum atomic E-state index is 13.8. The van der Waals surface area contributed by atoms with Crippen LogP contribution in [0.5, 0.6) is 0 Å². The van der Waals surface area contributed by atoms with Crippen molar-refractivity contribution in [3.63, 3.8) is 0 Å². The molecule has 0 bridgehead atoms. The van der Waals surface area contributed by atoms with Crippen LogP contribution in [0.3, 0.4) is 0 Å². The molecular formula is C49H59N11O7S. The number of carbonyl (C=O) groups excluding carboxylic acids is 5. The number of aliphatic hydroxyl groups is 1. The number of thiazole rings is 1. The number of carbonyl (C=O) groups is 5. The molecule has 3 aromatic carbocycles. The lowest BCUT2D eigenvalue weighted by molar-refractivity contribution is -0.143. The number of anilines is 1. The van der Waals surface area contributed by atoms with E-state index in [1.807, 2.05) is 89.3 Å². The summed E-state index contributed by atoms with van der Waals surface area (Å²) in [6.07, 6.45) is 3.02. The van der Waals surface area contributed by atoms with E-state index in [0.717, 1.165) is 69.0 Å². The molecule has 358 valence electrons. The first-order valence-corrected chi connectivity index (χ1v) is 23.8. The van der Waals surface area contributed by atoms with Crippen LogP contribution in [0.1, 0.15) is 67.5 Å². The number of aromatic nitrogens is 5. The maximum absolute atomic E-state index is 13.8. The molecule has 0 aliphatic carbocycles. The van der Waals surface area contributed by atoms with Crippen molar-refractivity contribution in [1.29, 1.82) is 0 Å². The van der Waals surface area contributed by atoms with Crippen LogP contribution < -0.4 is 21.3 Å². The number of nitrogens with one attached hydrogen (secondary N) is 5. The molecule has 6 N–H and O–H groups in total. The second-order valence-corrected chi connectivity index (χ2v) is 19.8. The Morgan fingerprint density at radius 3 is 2.65 bits per heavy atom. The lowest BCUT2D eigenvalue weighted by atomic mass is 9.85. The van der Waals surface area contributed by atoms with Gasteiger partial charge in [-0.3, -0.25) is 33.6 Å². The molecule has 3 atom stereocenters. The number of aryl methyl sites for hydroxylation is 2. The Bertz CT molecular complexity index is 2830. The van der Waals surface area contributed by atoms with Crippen LogP contribution in [-0.2, 0) is 44.1 Å². The van der Waals surface area contributed by atoms with Crippen molar-refractivity contribution < 1.29 is 33.8 Å². The monoisotopic (exact) mass is 945 g/mol. The molecule has 0 unspecified atom stereocenters. The average Bonchev–Trinajstić information content (AvgIpc) is 4.17. The van der Waals surface area contributed by atoms with Gasteiger partial charge in [0, 0.05) is 62.7 Å². The first-order chi connectivity index (χ1) is 32.5. The number of amides is 5. The number of imidazole rings is 1. The second-order valence-electron chi connectivity index (χ2n) is 18.9. The highest BCUT2D eigenvalue weighted by atomic mass is 32.1. The van der Waals surface area contributed by atoms with Crippen LogP contribution in [0, 0.1) is 18.3 Å². The van der Waals surface area contributed by atoms with Gasteiger partial charge in [-0.15, -0.1) is 11.3 Å². The van der Waals surface area contributed by atoms with Crippen LogP contribution in [0.25, 0.3) is 32.4 Å². The molecule has 2 aliphatic heterocycles. The normalized spacial score (nSPS) is 18.0. The average molecular weight is 946 g/mol. The van der Waals surface area contributed by atoms with Crippen LogP contribution in [0.4, 0.5) is 5.69 Å². The molecule has 2 fully saturated rings. The summed E-state index contributed by atoms with van der Waals surface area (Å²) in [5.41, 5.74) is 5.80. The summed E-state index contributed by atoms with van der Waals surface area (Å²) in [4.78, 5) is 83.3. The van der Waals surface area contributed by atoms with E-state index in [2.05, 4.69) is 41.2 Å². The number of likely N-dealkylation sites (tertiary alicyclic amines) is 2. The molecule has 5 amide bonds. The Morgan fingerprint density at radius 2 is 1.85 bits per heavy atom. The highest BCUT2D eigenvalue weighted by molar-refractivity contribution is 7.13. The lowest BCUT2D eigenvalue weighted by Gasteiger charge is -2.34. The van der Waals surface area contributed by atoms with Gasteiger partial charge in [-0.1, -0.05) is 45.0 Å². The van der Waals surface area contributed by atoms with Crippen molar-refractivity contribution in [2.24, 2.45) is 18.4 Å². The van der Waals surface area contributed by atoms with Crippen molar-refractivity contribution in [2.45, 2.75) is 71.7 Å². The first kappa shape index (κ1) is 47.9. The molecule has 19 heteroatoms. The van der Waals surface area contributed by atoms with Crippen molar-refractivity contribution in [3.05, 3.63) is 95.0 Å². The third-order valence-electron chi connectivity index (χ3n) is 12.7. The SMILES string of the molecule is Cc1ncsc1-c1ccccc1CNC(=O)[C@@]1(O)CCN(C(=O)[C@@H](NC(=O)COCCNC(=O)C[C@@H]2CCN(Cc3nc4ccc(NC(=O)c5ccc6c(cnn6C)c5)cc4[nH]3)C2)C(C)(C)C)C1. The number of hydrogen-bond acceptors (Lipinski definition) is 12. The van der Waals surface area contributed by atoms with Gasteiger partial charge in [0.2, 0.25) is 17.7 Å². The quantitative estimate of drug-likeness (QED) is 0.0707. The molecule has 0 spiro atoms. The van der Waals surface area contributed by atoms with Crippen molar-refractivity contribution in [1.82, 2.24) is 50.5 Å². The van der Waals surface area contributed by atoms with E-state index in [1.165, 1.54) is 16.2 Å². The van der Waals surface area contributed by atoms with Crippen molar-refractivity contribution in [3.8, 4) is 10.4 Å². The Morgan fingerprint density at radius 1 is 1.03 bits per heavy atom. The highest BCUT2D eigenvalue weighted by Gasteiger charge is 2.47. The van der Waals surface area contributed by atoms with E-state index in [9.17, 15) is 29.1 Å². The van der Waals surface area contributed by atoms with E-state index in [-0.39, 0.29) is 63.5 Å². The summed E-state index contributed by atoms with van der Waals surface area (Å²) in [5.74, 6) is -0.802. The molecule has 0 saturated carbocycles. The van der Waals surface area contributed by atoms with Gasteiger partial charge in [-0.2, -0.15) is 5.10 Å². The van der Waals surface area contributed by atoms with Gasteiger partial charge in [0.05, 0.1) is 58.5 Å². The molecule has 3 aromatic heterocycles.